The van der Waals surface area contributed by atoms with Crippen molar-refractivity contribution < 1.29 is 14.6 Å². The van der Waals surface area contributed by atoms with Gasteiger partial charge < -0.3 is 9.84 Å². The van der Waals surface area contributed by atoms with E-state index in [0.29, 0.717) is 0 Å². The fourth-order valence-electron chi connectivity index (χ4n) is 0.880. The topological polar surface area (TPSA) is 46.5 Å². The molecule has 0 aliphatic heterocycles. The molecule has 0 fully saturated rings. The van der Waals surface area contributed by atoms with E-state index in [1.54, 1.807) is 19.9 Å². The molecule has 1 N–H and O–H groups in total. The van der Waals surface area contributed by atoms with Gasteiger partial charge in [-0.1, -0.05) is 6.08 Å². The highest BCUT2D eigenvalue weighted by Crippen LogP contribution is 2.12. The van der Waals surface area contributed by atoms with Gasteiger partial charge in [-0.05, 0) is 26.3 Å². The second-order valence-corrected chi connectivity index (χ2v) is 2.79. The fraction of sp³-hybridized carbons (Fsp3) is 0.667. The number of ether oxygens (including phenoxy) is 1. The molecule has 2 atom stereocenters. The van der Waals surface area contributed by atoms with Gasteiger partial charge >= 0.3 is 5.97 Å². The first-order valence-electron chi connectivity index (χ1n) is 3.93. The minimum absolute atomic E-state index is 0.385. The zero-order valence-electron chi connectivity index (χ0n) is 8.00. The summed E-state index contributed by atoms with van der Waals surface area (Å²) >= 11 is 0. The summed E-state index contributed by atoms with van der Waals surface area (Å²) < 4.78 is 4.50. The Bertz CT molecular complexity index is 184. The zero-order valence-corrected chi connectivity index (χ0v) is 8.00. The van der Waals surface area contributed by atoms with Crippen LogP contribution in [0, 0.1) is 5.92 Å². The highest BCUT2D eigenvalue weighted by Gasteiger charge is 2.23. The zero-order chi connectivity index (χ0) is 9.72. The number of esters is 1. The number of hydrogen-bond donors (Lipinski definition) is 1. The van der Waals surface area contributed by atoms with Gasteiger partial charge in [0, 0.05) is 0 Å². The van der Waals surface area contributed by atoms with E-state index in [0.717, 1.165) is 5.57 Å². The molecule has 0 rings (SSSR count). The van der Waals surface area contributed by atoms with Crippen LogP contribution >= 0.6 is 0 Å². The molecule has 3 nitrogen and oxygen atoms in total. The van der Waals surface area contributed by atoms with Crippen molar-refractivity contribution in [1.29, 1.82) is 0 Å². The first-order chi connectivity index (χ1) is 5.54. The molecule has 0 aliphatic carbocycles. The average molecular weight is 172 g/mol. The van der Waals surface area contributed by atoms with Crippen LogP contribution in [0.4, 0.5) is 0 Å². The number of allylic oxidation sites excluding steroid dienone is 1. The van der Waals surface area contributed by atoms with E-state index in [-0.39, 0.29) is 5.97 Å². The molecule has 0 saturated heterocycles. The summed E-state index contributed by atoms with van der Waals surface area (Å²) in [6.07, 6.45) is 1.05. The Balaban J connectivity index is 4.28. The van der Waals surface area contributed by atoms with Crippen LogP contribution in [0.2, 0.25) is 0 Å². The number of hydrogen-bond acceptors (Lipinski definition) is 3. The minimum Gasteiger partial charge on any atom is -0.469 e. The summed E-state index contributed by atoms with van der Waals surface area (Å²) in [7, 11) is 1.32. The van der Waals surface area contributed by atoms with Gasteiger partial charge in [-0.3, -0.25) is 4.79 Å². The van der Waals surface area contributed by atoms with Gasteiger partial charge in [0.2, 0.25) is 0 Å². The smallest absolute Gasteiger partial charge is 0.311 e. The normalized spacial score (nSPS) is 16.9. The van der Waals surface area contributed by atoms with Gasteiger partial charge in [0.1, 0.15) is 0 Å². The van der Waals surface area contributed by atoms with Crippen LogP contribution < -0.4 is 0 Å². The Morgan fingerprint density at radius 1 is 1.58 bits per heavy atom. The molecule has 0 saturated carbocycles. The molecule has 0 unspecified atom stereocenters. The van der Waals surface area contributed by atoms with E-state index in [2.05, 4.69) is 4.74 Å². The van der Waals surface area contributed by atoms with Gasteiger partial charge in [0.05, 0.1) is 19.1 Å². The molecular formula is C9H16O3. The van der Waals surface area contributed by atoms with Crippen LogP contribution in [0.15, 0.2) is 11.6 Å². The van der Waals surface area contributed by atoms with Crippen LogP contribution in [0.3, 0.4) is 0 Å². The molecule has 3 heteroatoms. The van der Waals surface area contributed by atoms with E-state index in [9.17, 15) is 9.90 Å². The predicted molar refractivity (Wildman–Crippen MR) is 46.6 cm³/mol. The monoisotopic (exact) mass is 172 g/mol. The number of carbonyl (C=O) groups is 1. The van der Waals surface area contributed by atoms with Crippen molar-refractivity contribution >= 4 is 5.97 Å². The summed E-state index contributed by atoms with van der Waals surface area (Å²) in [5.74, 6) is -0.880. The first-order valence-corrected chi connectivity index (χ1v) is 3.93. The van der Waals surface area contributed by atoms with Crippen LogP contribution in [-0.4, -0.2) is 24.3 Å². The van der Waals surface area contributed by atoms with Crippen molar-refractivity contribution in [3.63, 3.8) is 0 Å². The highest BCUT2D eigenvalue weighted by atomic mass is 16.5. The lowest BCUT2D eigenvalue weighted by atomic mass is 9.98. The average Bonchev–Trinajstić information content (AvgIpc) is 2.12. The van der Waals surface area contributed by atoms with Gasteiger partial charge in [0.15, 0.2) is 0 Å². The lowest BCUT2D eigenvalue weighted by Gasteiger charge is -2.16. The quantitative estimate of drug-likeness (QED) is 0.512. The molecule has 0 bridgehead atoms. The third-order valence-electron chi connectivity index (χ3n) is 1.97. The molecule has 0 aliphatic rings. The van der Waals surface area contributed by atoms with Gasteiger partial charge in [-0.15, -0.1) is 0 Å². The number of rotatable bonds is 3. The van der Waals surface area contributed by atoms with Gasteiger partial charge in [-0.2, -0.15) is 0 Å². The van der Waals surface area contributed by atoms with E-state index < -0.39 is 12.0 Å². The van der Waals surface area contributed by atoms with Crippen molar-refractivity contribution in [2.45, 2.75) is 26.9 Å². The lowest BCUT2D eigenvalue weighted by Crippen LogP contribution is -2.27. The van der Waals surface area contributed by atoms with E-state index in [4.69, 9.17) is 0 Å². The van der Waals surface area contributed by atoms with Crippen molar-refractivity contribution in [3.8, 4) is 0 Å². The summed E-state index contributed by atoms with van der Waals surface area (Å²) in [5.41, 5.74) is 0.785. The molecule has 0 amide bonds. The summed E-state index contributed by atoms with van der Waals surface area (Å²) in [6, 6.07) is 0. The van der Waals surface area contributed by atoms with Gasteiger partial charge in [0.25, 0.3) is 0 Å². The van der Waals surface area contributed by atoms with Crippen molar-refractivity contribution in [2.24, 2.45) is 5.92 Å². The van der Waals surface area contributed by atoms with Crippen molar-refractivity contribution in [3.05, 3.63) is 11.6 Å². The number of aliphatic hydroxyl groups is 1. The summed E-state index contributed by atoms with van der Waals surface area (Å²) in [6.45, 7) is 5.25. The number of aliphatic hydroxyl groups excluding tert-OH is 1. The second-order valence-electron chi connectivity index (χ2n) is 2.79. The van der Waals surface area contributed by atoms with Crippen molar-refractivity contribution in [1.82, 2.24) is 0 Å². The minimum atomic E-state index is -0.734. The largest absolute Gasteiger partial charge is 0.469 e. The maximum absolute atomic E-state index is 11.0. The molecule has 0 spiro atoms. The van der Waals surface area contributed by atoms with Crippen LogP contribution in [0.5, 0.6) is 0 Å². The molecular weight excluding hydrogens is 156 g/mol. The Labute approximate surface area is 73.0 Å². The molecule has 0 heterocycles. The predicted octanol–water partition coefficient (Wildman–Crippen LogP) is 1.12. The van der Waals surface area contributed by atoms with Gasteiger partial charge in [-0.25, -0.2) is 0 Å². The summed E-state index contributed by atoms with van der Waals surface area (Å²) in [4.78, 5) is 11.0. The summed E-state index contributed by atoms with van der Waals surface area (Å²) in [5, 5.41) is 9.52. The third-order valence-corrected chi connectivity index (χ3v) is 1.97. The molecule has 12 heavy (non-hydrogen) atoms. The highest BCUT2D eigenvalue weighted by molar-refractivity contribution is 5.73. The molecule has 0 radical (unpaired) electrons. The maximum atomic E-state index is 11.0. The lowest BCUT2D eigenvalue weighted by molar-refractivity contribution is -0.147. The number of carbonyl (C=O) groups excluding carboxylic acids is 1. The fourth-order valence-corrected chi connectivity index (χ4v) is 0.880. The van der Waals surface area contributed by atoms with Crippen LogP contribution in [0.1, 0.15) is 20.8 Å². The molecule has 70 valence electrons. The molecule has 0 aromatic heterocycles. The SMILES string of the molecule is C/C=C(\C)[C@H](O)[C@H](C)C(=O)OC. The van der Waals surface area contributed by atoms with Crippen molar-refractivity contribution in [2.75, 3.05) is 7.11 Å². The van der Waals surface area contributed by atoms with E-state index in [1.807, 2.05) is 6.92 Å². The first kappa shape index (κ1) is 11.2. The van der Waals surface area contributed by atoms with Crippen LogP contribution in [-0.2, 0) is 9.53 Å². The van der Waals surface area contributed by atoms with Crippen LogP contribution in [0.25, 0.3) is 0 Å². The third kappa shape index (κ3) is 2.66. The Morgan fingerprint density at radius 2 is 2.08 bits per heavy atom. The maximum Gasteiger partial charge on any atom is 0.311 e. The van der Waals surface area contributed by atoms with E-state index in [1.165, 1.54) is 7.11 Å². The standard InChI is InChI=1S/C9H16O3/c1-5-6(2)8(10)7(3)9(11)12-4/h5,7-8,10H,1-4H3/b6-5+/t7-,8-/m0/s1. The number of methoxy groups -OCH3 is 1. The Kier molecular flexibility index (Phi) is 4.59. The molecule has 0 aromatic carbocycles. The van der Waals surface area contributed by atoms with E-state index >= 15 is 0 Å². The Morgan fingerprint density at radius 3 is 2.42 bits per heavy atom. The molecule has 0 aromatic rings. The Hall–Kier alpha value is -0.830. The second kappa shape index (κ2) is 4.93.